The second kappa shape index (κ2) is 5.72. The van der Waals surface area contributed by atoms with Crippen LogP contribution in [0.2, 0.25) is 0 Å². The van der Waals surface area contributed by atoms with Crippen LogP contribution in [0.5, 0.6) is 0 Å². The summed E-state index contributed by atoms with van der Waals surface area (Å²) < 4.78 is 26.5. The molecule has 2 nitrogen and oxygen atoms in total. The molecule has 2 heterocycles. The highest BCUT2D eigenvalue weighted by Crippen LogP contribution is 2.31. The summed E-state index contributed by atoms with van der Waals surface area (Å²) >= 11 is 1.48. The predicted molar refractivity (Wildman–Crippen MR) is 85.5 cm³/mol. The first-order chi connectivity index (χ1) is 10.5. The number of nitrogens with zero attached hydrogens (tertiary/aromatic N) is 2. The van der Waals surface area contributed by atoms with Gasteiger partial charge < -0.3 is 0 Å². The quantitative estimate of drug-likeness (QED) is 0.635. The normalized spacial score (nSPS) is 11.8. The van der Waals surface area contributed by atoms with Crippen molar-refractivity contribution in [2.75, 3.05) is 0 Å². The molecule has 0 saturated heterocycles. The number of aryl methyl sites for hydroxylation is 1. The number of rotatable bonds is 3. The molecule has 2 aromatic heterocycles. The number of alkyl halides is 2. The summed E-state index contributed by atoms with van der Waals surface area (Å²) in [5.41, 5.74) is 2.62. The molecular weight excluding hydrogens is 302 g/mol. The standard InChI is InChI=1S/C17H15F2N2S/c1-9(2)14-8-22-17(21-14)13-5-4-11-6-10(3)7-12(16(18)19)15(11)20-13/h5-9,16H,1-3H3. The van der Waals surface area contributed by atoms with E-state index in [9.17, 15) is 8.78 Å². The molecule has 0 amide bonds. The number of fused-ring (bicyclic) bond motifs is 1. The summed E-state index contributed by atoms with van der Waals surface area (Å²) in [5.74, 6) is 0.328. The van der Waals surface area contributed by atoms with Gasteiger partial charge in [-0.05, 0) is 42.7 Å². The van der Waals surface area contributed by atoms with E-state index in [2.05, 4.69) is 29.9 Å². The third kappa shape index (κ3) is 2.73. The van der Waals surface area contributed by atoms with E-state index in [1.54, 1.807) is 13.0 Å². The van der Waals surface area contributed by atoms with Gasteiger partial charge in [-0.3, -0.25) is 0 Å². The van der Waals surface area contributed by atoms with Gasteiger partial charge in [-0.25, -0.2) is 18.7 Å². The number of aromatic nitrogens is 2. The second-order valence-electron chi connectivity index (χ2n) is 5.57. The van der Waals surface area contributed by atoms with Crippen molar-refractivity contribution in [1.82, 2.24) is 9.97 Å². The van der Waals surface area contributed by atoms with Crippen LogP contribution >= 0.6 is 11.3 Å². The molecule has 1 radical (unpaired) electrons. The molecular formula is C17H15F2N2S. The number of hydrogen-bond acceptors (Lipinski definition) is 3. The van der Waals surface area contributed by atoms with E-state index in [4.69, 9.17) is 0 Å². The van der Waals surface area contributed by atoms with Gasteiger partial charge in [0.25, 0.3) is 6.43 Å². The van der Waals surface area contributed by atoms with Crippen molar-refractivity contribution in [3.63, 3.8) is 0 Å². The lowest BCUT2D eigenvalue weighted by atomic mass is 10.1. The molecule has 0 aliphatic heterocycles. The average Bonchev–Trinajstić information content (AvgIpc) is 2.95. The fourth-order valence-corrected chi connectivity index (χ4v) is 3.23. The molecule has 113 valence electrons. The summed E-state index contributed by atoms with van der Waals surface area (Å²) in [6.45, 7) is 5.93. The Balaban J connectivity index is 2.15. The highest BCUT2D eigenvalue weighted by atomic mass is 32.1. The highest BCUT2D eigenvalue weighted by Gasteiger charge is 2.16. The summed E-state index contributed by atoms with van der Waals surface area (Å²) in [6, 6.07) is 8.09. The lowest BCUT2D eigenvalue weighted by Crippen LogP contribution is -1.94. The van der Waals surface area contributed by atoms with Crippen LogP contribution < -0.4 is 0 Å². The third-order valence-electron chi connectivity index (χ3n) is 3.45. The SMILES string of the molecule is Cc1cc(C(F)F)c2nc(-c3nc(C(C)C)cs3)c[c]c2c1. The molecule has 5 heteroatoms. The first kappa shape index (κ1) is 15.0. The lowest BCUT2D eigenvalue weighted by molar-refractivity contribution is 0.153. The molecule has 0 saturated carbocycles. The smallest absolute Gasteiger partial charge is 0.245 e. The van der Waals surface area contributed by atoms with Gasteiger partial charge in [0.2, 0.25) is 0 Å². The van der Waals surface area contributed by atoms with Crippen molar-refractivity contribution in [3.05, 3.63) is 46.5 Å². The molecule has 0 aliphatic rings. The first-order valence-electron chi connectivity index (χ1n) is 7.02. The van der Waals surface area contributed by atoms with Gasteiger partial charge in [-0.1, -0.05) is 13.8 Å². The van der Waals surface area contributed by atoms with Crippen LogP contribution in [0.4, 0.5) is 8.78 Å². The van der Waals surface area contributed by atoms with Gasteiger partial charge in [0.15, 0.2) is 0 Å². The first-order valence-corrected chi connectivity index (χ1v) is 7.90. The molecule has 0 spiro atoms. The van der Waals surface area contributed by atoms with Crippen molar-refractivity contribution in [2.24, 2.45) is 0 Å². The number of halogens is 2. The van der Waals surface area contributed by atoms with E-state index in [1.807, 2.05) is 11.4 Å². The maximum atomic E-state index is 13.3. The van der Waals surface area contributed by atoms with Gasteiger partial charge in [0, 0.05) is 16.3 Å². The zero-order chi connectivity index (χ0) is 15.9. The van der Waals surface area contributed by atoms with Crippen molar-refractivity contribution < 1.29 is 8.78 Å². The zero-order valence-electron chi connectivity index (χ0n) is 12.5. The predicted octanol–water partition coefficient (Wildman–Crippen LogP) is 5.53. The van der Waals surface area contributed by atoms with Crippen molar-refractivity contribution in [1.29, 1.82) is 0 Å². The molecule has 1 aromatic carbocycles. The van der Waals surface area contributed by atoms with Crippen LogP contribution in [0.1, 0.15) is 43.0 Å². The van der Waals surface area contributed by atoms with Crippen LogP contribution in [-0.4, -0.2) is 9.97 Å². The van der Waals surface area contributed by atoms with Crippen LogP contribution in [0, 0.1) is 13.0 Å². The Labute approximate surface area is 131 Å². The Morgan fingerprint density at radius 3 is 2.59 bits per heavy atom. The molecule has 22 heavy (non-hydrogen) atoms. The Hall–Kier alpha value is -1.88. The number of benzene rings is 1. The average molecular weight is 317 g/mol. The van der Waals surface area contributed by atoms with Crippen LogP contribution in [0.3, 0.4) is 0 Å². The van der Waals surface area contributed by atoms with E-state index in [-0.39, 0.29) is 5.56 Å². The minimum atomic E-state index is -2.55. The van der Waals surface area contributed by atoms with Crippen LogP contribution in [0.15, 0.2) is 23.6 Å². The third-order valence-corrected chi connectivity index (χ3v) is 4.33. The minimum absolute atomic E-state index is 0.0475. The van der Waals surface area contributed by atoms with Gasteiger partial charge in [0.1, 0.15) is 10.7 Å². The van der Waals surface area contributed by atoms with Crippen LogP contribution in [-0.2, 0) is 0 Å². The fourth-order valence-electron chi connectivity index (χ4n) is 2.29. The molecule has 0 fully saturated rings. The largest absolute Gasteiger partial charge is 0.265 e. The lowest BCUT2D eigenvalue weighted by Gasteiger charge is -2.08. The zero-order valence-corrected chi connectivity index (χ0v) is 13.3. The van der Waals surface area contributed by atoms with Gasteiger partial charge >= 0.3 is 0 Å². The summed E-state index contributed by atoms with van der Waals surface area (Å²) in [7, 11) is 0. The highest BCUT2D eigenvalue weighted by molar-refractivity contribution is 7.13. The molecule has 0 unspecified atom stereocenters. The molecule has 0 bridgehead atoms. The summed E-state index contributed by atoms with van der Waals surface area (Å²) in [5, 5.41) is 3.33. The van der Waals surface area contributed by atoms with Crippen molar-refractivity contribution in [2.45, 2.75) is 33.1 Å². The van der Waals surface area contributed by atoms with E-state index < -0.39 is 6.43 Å². The van der Waals surface area contributed by atoms with Crippen molar-refractivity contribution in [3.8, 4) is 10.7 Å². The Kier molecular flexibility index (Phi) is 3.91. The van der Waals surface area contributed by atoms with E-state index in [1.165, 1.54) is 17.4 Å². The van der Waals surface area contributed by atoms with E-state index in [0.717, 1.165) is 16.3 Å². The molecule has 3 rings (SSSR count). The second-order valence-corrected chi connectivity index (χ2v) is 6.43. The minimum Gasteiger partial charge on any atom is -0.245 e. The number of pyridine rings is 1. The fraction of sp³-hybridized carbons (Fsp3) is 0.294. The monoisotopic (exact) mass is 317 g/mol. The molecule has 0 N–H and O–H groups in total. The Morgan fingerprint density at radius 2 is 1.95 bits per heavy atom. The molecule has 0 atom stereocenters. The van der Waals surface area contributed by atoms with Gasteiger partial charge in [-0.2, -0.15) is 0 Å². The summed E-state index contributed by atoms with van der Waals surface area (Å²) in [6.07, 6.45) is -2.55. The van der Waals surface area contributed by atoms with Crippen molar-refractivity contribution >= 4 is 22.2 Å². The Bertz CT molecular complexity index is 825. The maximum absolute atomic E-state index is 13.3. The summed E-state index contributed by atoms with van der Waals surface area (Å²) in [4.78, 5) is 8.94. The Morgan fingerprint density at radius 1 is 1.18 bits per heavy atom. The molecule has 0 aliphatic carbocycles. The number of thiazole rings is 1. The van der Waals surface area contributed by atoms with Gasteiger partial charge in [0.05, 0.1) is 11.2 Å². The number of hydrogen-bond donors (Lipinski definition) is 0. The van der Waals surface area contributed by atoms with Crippen LogP contribution in [0.25, 0.3) is 21.6 Å². The maximum Gasteiger partial charge on any atom is 0.265 e. The van der Waals surface area contributed by atoms with E-state index in [0.29, 0.717) is 22.5 Å². The molecule has 3 aromatic rings. The van der Waals surface area contributed by atoms with E-state index >= 15 is 0 Å². The topological polar surface area (TPSA) is 25.8 Å². The van der Waals surface area contributed by atoms with Gasteiger partial charge in [-0.15, -0.1) is 11.3 Å².